The predicted molar refractivity (Wildman–Crippen MR) is 70.9 cm³/mol. The lowest BCUT2D eigenvalue weighted by Crippen LogP contribution is -2.45. The maximum atomic E-state index is 12.0. The highest BCUT2D eigenvalue weighted by molar-refractivity contribution is 5.97. The zero-order valence-corrected chi connectivity index (χ0v) is 11.7. The van der Waals surface area contributed by atoms with Crippen LogP contribution in [0.4, 0.5) is 0 Å². The lowest BCUT2D eigenvalue weighted by molar-refractivity contribution is -0.142. The topological polar surface area (TPSA) is 66.6 Å². The first kappa shape index (κ1) is 15.1. The third-order valence-electron chi connectivity index (χ3n) is 3.38. The largest absolute Gasteiger partial charge is 0.330 e. The van der Waals surface area contributed by atoms with Crippen LogP contribution in [0, 0.1) is 5.41 Å². The first-order chi connectivity index (χ1) is 8.39. The number of nitrogens with zero attached hydrogens (tertiary/aromatic N) is 2. The molecule has 0 radical (unpaired) electrons. The first-order valence-electron chi connectivity index (χ1n) is 6.65. The summed E-state index contributed by atoms with van der Waals surface area (Å²) in [7, 11) is 0. The van der Waals surface area contributed by atoms with Crippen LogP contribution in [-0.2, 0) is 9.59 Å². The molecule has 2 amide bonds. The maximum absolute atomic E-state index is 12.0. The second kappa shape index (κ2) is 6.29. The zero-order chi connectivity index (χ0) is 13.8. The van der Waals surface area contributed by atoms with Gasteiger partial charge in [-0.3, -0.25) is 19.4 Å². The molecule has 1 heterocycles. The number of rotatable bonds is 6. The molecule has 2 N–H and O–H groups in total. The second-order valence-corrected chi connectivity index (χ2v) is 5.71. The van der Waals surface area contributed by atoms with Crippen molar-refractivity contribution in [3.8, 4) is 0 Å². The molecule has 1 aliphatic rings. The fraction of sp³-hybridized carbons (Fsp3) is 0.846. The van der Waals surface area contributed by atoms with E-state index < -0.39 is 0 Å². The van der Waals surface area contributed by atoms with Gasteiger partial charge in [-0.15, -0.1) is 0 Å². The molecule has 1 fully saturated rings. The van der Waals surface area contributed by atoms with E-state index in [0.29, 0.717) is 26.1 Å². The average molecular weight is 255 g/mol. The predicted octanol–water partition coefficient (Wildman–Crippen LogP) is 0.442. The smallest absolute Gasteiger partial charge is 0.243 e. The molecule has 1 rings (SSSR count). The van der Waals surface area contributed by atoms with Gasteiger partial charge in [-0.1, -0.05) is 20.8 Å². The molecule has 5 nitrogen and oxygen atoms in total. The molecule has 0 aromatic heterocycles. The molecule has 0 aromatic carbocycles. The summed E-state index contributed by atoms with van der Waals surface area (Å²) in [5.74, 6) is -0.110. The van der Waals surface area contributed by atoms with Gasteiger partial charge in [0.05, 0.1) is 6.54 Å². The Morgan fingerprint density at radius 2 is 2.17 bits per heavy atom. The van der Waals surface area contributed by atoms with Crippen LogP contribution in [0.3, 0.4) is 0 Å². The van der Waals surface area contributed by atoms with Crippen LogP contribution in [0.5, 0.6) is 0 Å². The van der Waals surface area contributed by atoms with E-state index in [-0.39, 0.29) is 17.2 Å². The molecular formula is C13H25N3O2. The van der Waals surface area contributed by atoms with Crippen LogP contribution in [0.15, 0.2) is 0 Å². The SMILES string of the molecule is CCN(CC(=O)N1CCCC1=O)CC(C)(C)CN. The fourth-order valence-electron chi connectivity index (χ4n) is 2.14. The van der Waals surface area contributed by atoms with E-state index in [9.17, 15) is 9.59 Å². The Labute approximate surface area is 109 Å². The molecule has 0 aromatic rings. The molecular weight excluding hydrogens is 230 g/mol. The van der Waals surface area contributed by atoms with E-state index >= 15 is 0 Å². The van der Waals surface area contributed by atoms with Crippen molar-refractivity contribution in [2.75, 3.05) is 32.7 Å². The number of amides is 2. The number of imide groups is 1. The number of carbonyl (C=O) groups is 2. The van der Waals surface area contributed by atoms with Gasteiger partial charge in [-0.05, 0) is 24.9 Å². The van der Waals surface area contributed by atoms with E-state index in [1.807, 2.05) is 6.92 Å². The summed E-state index contributed by atoms with van der Waals surface area (Å²) < 4.78 is 0. The standard InChI is InChI=1S/C13H25N3O2/c1-4-15(10-13(2,3)9-14)8-12(18)16-7-5-6-11(16)17/h4-10,14H2,1-3H3. The normalized spacial score (nSPS) is 16.7. The van der Waals surface area contributed by atoms with Gasteiger partial charge in [-0.2, -0.15) is 0 Å². The average Bonchev–Trinajstić information content (AvgIpc) is 2.74. The van der Waals surface area contributed by atoms with Crippen molar-refractivity contribution in [2.24, 2.45) is 11.1 Å². The lowest BCUT2D eigenvalue weighted by Gasteiger charge is -2.31. The molecule has 0 atom stereocenters. The number of hydrogen-bond donors (Lipinski definition) is 1. The van der Waals surface area contributed by atoms with Crippen molar-refractivity contribution in [3.05, 3.63) is 0 Å². The third-order valence-corrected chi connectivity index (χ3v) is 3.38. The van der Waals surface area contributed by atoms with Crippen LogP contribution in [-0.4, -0.2) is 54.3 Å². The molecule has 18 heavy (non-hydrogen) atoms. The molecule has 1 aliphatic heterocycles. The highest BCUT2D eigenvalue weighted by Crippen LogP contribution is 2.16. The molecule has 104 valence electrons. The summed E-state index contributed by atoms with van der Waals surface area (Å²) in [6, 6.07) is 0. The Balaban J connectivity index is 2.52. The Kier molecular flexibility index (Phi) is 5.28. The van der Waals surface area contributed by atoms with Gasteiger partial charge in [-0.25, -0.2) is 0 Å². The third kappa shape index (κ3) is 4.07. The Hall–Kier alpha value is -0.940. The summed E-state index contributed by atoms with van der Waals surface area (Å²) in [6.07, 6.45) is 1.30. The summed E-state index contributed by atoms with van der Waals surface area (Å²) in [6.45, 7) is 9.22. The number of likely N-dealkylation sites (N-methyl/N-ethyl adjacent to an activating group) is 1. The van der Waals surface area contributed by atoms with E-state index in [0.717, 1.165) is 19.5 Å². The van der Waals surface area contributed by atoms with Crippen molar-refractivity contribution >= 4 is 11.8 Å². The number of carbonyl (C=O) groups excluding carboxylic acids is 2. The van der Waals surface area contributed by atoms with Gasteiger partial charge in [0, 0.05) is 19.5 Å². The van der Waals surface area contributed by atoms with E-state index in [1.165, 1.54) is 4.90 Å². The maximum Gasteiger partial charge on any atom is 0.243 e. The zero-order valence-electron chi connectivity index (χ0n) is 11.7. The monoisotopic (exact) mass is 255 g/mol. The summed E-state index contributed by atoms with van der Waals surface area (Å²) in [4.78, 5) is 27.0. The minimum Gasteiger partial charge on any atom is -0.330 e. The van der Waals surface area contributed by atoms with Gasteiger partial charge >= 0.3 is 0 Å². The van der Waals surface area contributed by atoms with Crippen LogP contribution < -0.4 is 5.73 Å². The Morgan fingerprint density at radius 3 is 2.61 bits per heavy atom. The quantitative estimate of drug-likeness (QED) is 0.748. The van der Waals surface area contributed by atoms with Gasteiger partial charge in [0.25, 0.3) is 0 Å². The van der Waals surface area contributed by atoms with Crippen LogP contribution in [0.1, 0.15) is 33.6 Å². The van der Waals surface area contributed by atoms with E-state index in [2.05, 4.69) is 18.7 Å². The van der Waals surface area contributed by atoms with Crippen molar-refractivity contribution in [1.29, 1.82) is 0 Å². The number of likely N-dealkylation sites (tertiary alicyclic amines) is 1. The molecule has 0 aliphatic carbocycles. The molecule has 0 saturated carbocycles. The summed E-state index contributed by atoms with van der Waals surface area (Å²) in [5.41, 5.74) is 5.70. The second-order valence-electron chi connectivity index (χ2n) is 5.71. The number of nitrogens with two attached hydrogens (primary N) is 1. The summed E-state index contributed by atoms with van der Waals surface area (Å²) in [5, 5.41) is 0. The van der Waals surface area contributed by atoms with Crippen molar-refractivity contribution in [2.45, 2.75) is 33.6 Å². The van der Waals surface area contributed by atoms with Crippen molar-refractivity contribution in [1.82, 2.24) is 9.80 Å². The van der Waals surface area contributed by atoms with E-state index in [4.69, 9.17) is 5.73 Å². The molecule has 1 saturated heterocycles. The molecule has 0 bridgehead atoms. The van der Waals surface area contributed by atoms with Gasteiger partial charge in [0.2, 0.25) is 11.8 Å². The Bertz CT molecular complexity index is 315. The minimum atomic E-state index is -0.0767. The van der Waals surface area contributed by atoms with Crippen molar-refractivity contribution in [3.63, 3.8) is 0 Å². The van der Waals surface area contributed by atoms with Crippen LogP contribution in [0.2, 0.25) is 0 Å². The van der Waals surface area contributed by atoms with E-state index in [1.54, 1.807) is 0 Å². The van der Waals surface area contributed by atoms with Gasteiger partial charge in [0.1, 0.15) is 0 Å². The lowest BCUT2D eigenvalue weighted by atomic mass is 9.93. The summed E-state index contributed by atoms with van der Waals surface area (Å²) >= 11 is 0. The highest BCUT2D eigenvalue weighted by atomic mass is 16.2. The fourth-order valence-corrected chi connectivity index (χ4v) is 2.14. The molecule has 0 unspecified atom stereocenters. The highest BCUT2D eigenvalue weighted by Gasteiger charge is 2.28. The van der Waals surface area contributed by atoms with Crippen LogP contribution >= 0.6 is 0 Å². The number of hydrogen-bond acceptors (Lipinski definition) is 4. The van der Waals surface area contributed by atoms with Crippen LogP contribution in [0.25, 0.3) is 0 Å². The minimum absolute atomic E-state index is 0.00862. The Morgan fingerprint density at radius 1 is 1.50 bits per heavy atom. The van der Waals surface area contributed by atoms with Crippen molar-refractivity contribution < 1.29 is 9.59 Å². The first-order valence-corrected chi connectivity index (χ1v) is 6.65. The van der Waals surface area contributed by atoms with Gasteiger partial charge in [0.15, 0.2) is 0 Å². The molecule has 5 heteroatoms. The molecule has 0 spiro atoms. The van der Waals surface area contributed by atoms with Gasteiger partial charge < -0.3 is 5.73 Å².